The number of pyridine rings is 1. The zero-order valence-corrected chi connectivity index (χ0v) is 15.0. The molecule has 4 rings (SSSR count). The quantitative estimate of drug-likeness (QED) is 0.821. The molecule has 1 aliphatic carbocycles. The number of hydrazine groups is 1. The Hall–Kier alpha value is -1.63. The van der Waals surface area contributed by atoms with Crippen LogP contribution in [0.15, 0.2) is 35.4 Å². The zero-order chi connectivity index (χ0) is 17.4. The molecule has 0 bridgehead atoms. The first kappa shape index (κ1) is 16.8. The summed E-state index contributed by atoms with van der Waals surface area (Å²) in [5.41, 5.74) is 0.769. The molecule has 6 nitrogen and oxygen atoms in total. The second kappa shape index (κ2) is 6.94. The molecule has 0 radical (unpaired) electrons. The molecule has 136 valence electrons. The summed E-state index contributed by atoms with van der Waals surface area (Å²) in [6.45, 7) is 4.80. The lowest BCUT2D eigenvalue weighted by Crippen LogP contribution is -2.50. The van der Waals surface area contributed by atoms with E-state index in [0.29, 0.717) is 11.7 Å². The maximum atomic E-state index is 12.9. The third-order valence-corrected chi connectivity index (χ3v) is 4.91. The van der Waals surface area contributed by atoms with E-state index in [1.54, 1.807) is 0 Å². The van der Waals surface area contributed by atoms with Gasteiger partial charge in [0.2, 0.25) is 0 Å². The largest absolute Gasteiger partial charge is 0.350 e. The summed E-state index contributed by atoms with van der Waals surface area (Å²) in [5.74, 6) is 0. The summed E-state index contributed by atoms with van der Waals surface area (Å²) in [5, 5.41) is 4.09. The van der Waals surface area contributed by atoms with Gasteiger partial charge in [0, 0.05) is 25.0 Å². The molecule has 1 saturated carbocycles. The van der Waals surface area contributed by atoms with Gasteiger partial charge in [0.15, 0.2) is 6.29 Å². The number of nitrogens with zero attached hydrogens (tertiary/aromatic N) is 3. The van der Waals surface area contributed by atoms with Crippen LogP contribution in [0.1, 0.15) is 52.0 Å². The van der Waals surface area contributed by atoms with Crippen molar-refractivity contribution in [1.82, 2.24) is 9.58 Å². The Morgan fingerprint density at radius 2 is 2.08 bits per heavy atom. The smallest absolute Gasteiger partial charge is 0.276 e. The lowest BCUT2D eigenvalue weighted by molar-refractivity contribution is -0.239. The number of hydrogen-bond donors (Lipinski definition) is 0. The van der Waals surface area contributed by atoms with Gasteiger partial charge in [0.1, 0.15) is 11.9 Å². The first-order valence-electron chi connectivity index (χ1n) is 9.38. The average molecular weight is 345 g/mol. The minimum atomic E-state index is -0.167. The summed E-state index contributed by atoms with van der Waals surface area (Å²) < 4.78 is 13.9. The number of aromatic nitrogens is 1. The van der Waals surface area contributed by atoms with Crippen LogP contribution in [0.4, 0.5) is 5.69 Å². The molecule has 2 unspecified atom stereocenters. The van der Waals surface area contributed by atoms with Crippen molar-refractivity contribution < 1.29 is 9.47 Å². The van der Waals surface area contributed by atoms with Crippen molar-refractivity contribution in [3.8, 4) is 0 Å². The molecule has 0 aromatic carbocycles. The molecule has 0 N–H and O–H groups in total. The van der Waals surface area contributed by atoms with Gasteiger partial charge >= 0.3 is 0 Å². The highest BCUT2D eigenvalue weighted by molar-refractivity contribution is 5.47. The fraction of sp³-hybridized carbons (Fsp3) is 0.632. The maximum Gasteiger partial charge on any atom is 0.276 e. The van der Waals surface area contributed by atoms with E-state index in [4.69, 9.17) is 9.47 Å². The Balaban J connectivity index is 1.53. The molecule has 6 heteroatoms. The molecule has 0 spiro atoms. The minimum Gasteiger partial charge on any atom is -0.350 e. The predicted octanol–water partition coefficient (Wildman–Crippen LogP) is 3.01. The van der Waals surface area contributed by atoms with E-state index in [2.05, 4.69) is 11.1 Å². The Morgan fingerprint density at radius 1 is 1.24 bits per heavy atom. The molecule has 1 saturated heterocycles. The van der Waals surface area contributed by atoms with Gasteiger partial charge in [-0.2, -0.15) is 5.01 Å². The summed E-state index contributed by atoms with van der Waals surface area (Å²) in [4.78, 5) is 12.9. The zero-order valence-electron chi connectivity index (χ0n) is 15.0. The van der Waals surface area contributed by atoms with Crippen LogP contribution in [0.25, 0.3) is 0 Å². The van der Waals surface area contributed by atoms with E-state index < -0.39 is 0 Å². The van der Waals surface area contributed by atoms with E-state index in [1.807, 2.05) is 48.0 Å². The van der Waals surface area contributed by atoms with Gasteiger partial charge in [-0.3, -0.25) is 9.80 Å². The average Bonchev–Trinajstić information content (AvgIpc) is 3.31. The molecular weight excluding hydrogens is 318 g/mol. The topological polar surface area (TPSA) is 46.9 Å². The van der Waals surface area contributed by atoms with Gasteiger partial charge in [-0.25, -0.2) is 0 Å². The van der Waals surface area contributed by atoms with Crippen LogP contribution in [0.3, 0.4) is 0 Å². The van der Waals surface area contributed by atoms with Crippen LogP contribution < -0.4 is 10.6 Å². The Bertz CT molecular complexity index is 695. The molecular formula is C19H27N3O3. The SMILES string of the molecule is CC(C)OC1CCCC(N2CC=CN2c2cccn(C3CC3)c2=O)O1. The van der Waals surface area contributed by atoms with Crippen LogP contribution in [-0.2, 0) is 9.47 Å². The van der Waals surface area contributed by atoms with Crippen molar-refractivity contribution in [2.24, 2.45) is 0 Å². The lowest BCUT2D eigenvalue weighted by atomic mass is 10.1. The first-order chi connectivity index (χ1) is 12.1. The molecule has 0 amide bonds. The maximum absolute atomic E-state index is 12.9. The third kappa shape index (κ3) is 3.52. The van der Waals surface area contributed by atoms with E-state index >= 15 is 0 Å². The van der Waals surface area contributed by atoms with Crippen LogP contribution in [0.5, 0.6) is 0 Å². The molecule has 2 atom stereocenters. The molecule has 3 heterocycles. The van der Waals surface area contributed by atoms with Gasteiger partial charge in [0.05, 0.1) is 6.10 Å². The van der Waals surface area contributed by atoms with Crippen molar-refractivity contribution in [1.29, 1.82) is 0 Å². The van der Waals surface area contributed by atoms with Gasteiger partial charge < -0.3 is 14.0 Å². The minimum absolute atomic E-state index is 0.0681. The Kier molecular flexibility index (Phi) is 4.67. The molecule has 2 fully saturated rings. The van der Waals surface area contributed by atoms with Crippen LogP contribution in [0, 0.1) is 0 Å². The number of ether oxygens (including phenoxy) is 2. The second-order valence-corrected chi connectivity index (χ2v) is 7.32. The predicted molar refractivity (Wildman–Crippen MR) is 96.0 cm³/mol. The fourth-order valence-electron chi connectivity index (χ4n) is 3.61. The molecule has 1 aromatic rings. The fourth-order valence-corrected chi connectivity index (χ4v) is 3.61. The number of anilines is 1. The van der Waals surface area contributed by atoms with Gasteiger partial charge in [-0.15, -0.1) is 0 Å². The first-order valence-corrected chi connectivity index (χ1v) is 9.38. The summed E-state index contributed by atoms with van der Waals surface area (Å²) in [6, 6.07) is 4.24. The van der Waals surface area contributed by atoms with Crippen LogP contribution >= 0.6 is 0 Å². The molecule has 3 aliphatic rings. The van der Waals surface area contributed by atoms with Crippen molar-refractivity contribution in [3.05, 3.63) is 41.0 Å². The third-order valence-electron chi connectivity index (χ3n) is 4.91. The van der Waals surface area contributed by atoms with Gasteiger partial charge in [-0.1, -0.05) is 6.08 Å². The summed E-state index contributed by atoms with van der Waals surface area (Å²) in [7, 11) is 0. The number of rotatable bonds is 5. The van der Waals surface area contributed by atoms with E-state index in [-0.39, 0.29) is 24.2 Å². The van der Waals surface area contributed by atoms with Crippen molar-refractivity contribution in [2.45, 2.75) is 70.6 Å². The highest BCUT2D eigenvalue weighted by Gasteiger charge is 2.34. The van der Waals surface area contributed by atoms with Crippen molar-refractivity contribution in [3.63, 3.8) is 0 Å². The standard InChI is InChI=1S/C19H27N3O3/c1-14(2)24-18-8-3-7-17(25-18)22-13-5-12-21(22)16-6-4-11-20(19(16)23)15-9-10-15/h4-6,11-12,14-15,17-18H,3,7-10,13H2,1-2H3. The molecule has 2 aliphatic heterocycles. The highest BCUT2D eigenvalue weighted by atomic mass is 16.7. The van der Waals surface area contributed by atoms with Crippen molar-refractivity contribution >= 4 is 5.69 Å². The normalized spacial score (nSPS) is 27.4. The number of hydrogen-bond acceptors (Lipinski definition) is 5. The summed E-state index contributed by atoms with van der Waals surface area (Å²) in [6.07, 6.45) is 11.0. The molecule has 25 heavy (non-hydrogen) atoms. The van der Waals surface area contributed by atoms with E-state index in [1.165, 1.54) is 0 Å². The van der Waals surface area contributed by atoms with E-state index in [9.17, 15) is 4.79 Å². The van der Waals surface area contributed by atoms with Crippen molar-refractivity contribution in [2.75, 3.05) is 11.6 Å². The summed E-state index contributed by atoms with van der Waals surface area (Å²) >= 11 is 0. The monoisotopic (exact) mass is 345 g/mol. The van der Waals surface area contributed by atoms with Gasteiger partial charge in [-0.05, 0) is 58.1 Å². The lowest BCUT2D eigenvalue weighted by Gasteiger charge is -2.40. The van der Waals surface area contributed by atoms with Gasteiger partial charge in [0.25, 0.3) is 5.56 Å². The highest BCUT2D eigenvalue weighted by Crippen LogP contribution is 2.34. The molecule has 1 aromatic heterocycles. The Labute approximate surface area is 148 Å². The second-order valence-electron chi connectivity index (χ2n) is 7.32. The van der Waals surface area contributed by atoms with Crippen LogP contribution in [-0.4, -0.2) is 34.7 Å². The van der Waals surface area contributed by atoms with Crippen LogP contribution in [0.2, 0.25) is 0 Å². The Morgan fingerprint density at radius 3 is 2.84 bits per heavy atom. The van der Waals surface area contributed by atoms with E-state index in [0.717, 1.165) is 38.6 Å².